The fraction of sp³-hybridized carbons (Fsp3) is 0.0909. The van der Waals surface area contributed by atoms with Crippen molar-refractivity contribution in [1.29, 1.82) is 0 Å². The van der Waals surface area contributed by atoms with Gasteiger partial charge in [0, 0.05) is 28.9 Å². The average molecular weight is 407 g/mol. The van der Waals surface area contributed by atoms with Gasteiger partial charge in [0.15, 0.2) is 0 Å². The monoisotopic (exact) mass is 406 g/mol. The van der Waals surface area contributed by atoms with Gasteiger partial charge < -0.3 is 15.0 Å². The highest BCUT2D eigenvalue weighted by atomic mass is 35.5. The summed E-state index contributed by atoms with van der Waals surface area (Å²) in [6.45, 7) is 0.426. The van der Waals surface area contributed by atoms with E-state index in [9.17, 15) is 4.79 Å². The first-order valence-corrected chi connectivity index (χ1v) is 9.41. The van der Waals surface area contributed by atoms with E-state index in [0.717, 1.165) is 33.7 Å². The number of hydrogen-bond acceptors (Lipinski definition) is 3. The number of H-pyrrole nitrogens is 2. The lowest BCUT2D eigenvalue weighted by Crippen LogP contribution is -2.22. The number of nitrogens with zero attached hydrogens (tertiary/aromatic N) is 1. The minimum atomic E-state index is -0.184. The molecule has 0 spiro atoms. The molecule has 7 heteroatoms. The molecule has 3 N–H and O–H groups in total. The first kappa shape index (κ1) is 18.8. The predicted octanol–water partition coefficient (Wildman–Crippen LogP) is 4.66. The van der Waals surface area contributed by atoms with Crippen LogP contribution in [0, 0.1) is 0 Å². The Labute approximate surface area is 172 Å². The van der Waals surface area contributed by atoms with Crippen LogP contribution in [0.4, 0.5) is 0 Å². The third-order valence-electron chi connectivity index (χ3n) is 4.60. The first-order valence-electron chi connectivity index (χ1n) is 9.03. The van der Waals surface area contributed by atoms with Crippen LogP contribution < -0.4 is 10.1 Å². The molecule has 2 aromatic heterocycles. The number of aromatic nitrogens is 3. The Bertz CT molecular complexity index is 1130. The summed E-state index contributed by atoms with van der Waals surface area (Å²) in [5.74, 6) is 0.597. The molecule has 0 aliphatic heterocycles. The van der Waals surface area contributed by atoms with Crippen LogP contribution in [0.3, 0.4) is 0 Å². The molecule has 4 aromatic rings. The molecule has 0 bridgehead atoms. The van der Waals surface area contributed by atoms with Gasteiger partial charge in [-0.05, 0) is 41.5 Å². The lowest BCUT2D eigenvalue weighted by Gasteiger charge is -2.05. The molecule has 1 amide bonds. The van der Waals surface area contributed by atoms with E-state index in [2.05, 4.69) is 20.5 Å². The third kappa shape index (κ3) is 4.17. The topological polar surface area (TPSA) is 82.8 Å². The Balaban J connectivity index is 1.48. The number of methoxy groups -OCH3 is 1. The smallest absolute Gasteiger partial charge is 0.267 e. The number of carbonyl (C=O) groups excluding carboxylic acids is 1. The molecule has 2 aromatic carbocycles. The van der Waals surface area contributed by atoms with Crippen LogP contribution >= 0.6 is 11.6 Å². The van der Waals surface area contributed by atoms with Gasteiger partial charge >= 0.3 is 0 Å². The molecule has 29 heavy (non-hydrogen) atoms. The number of aromatic amines is 2. The lowest BCUT2D eigenvalue weighted by molar-refractivity contribution is 0.0946. The zero-order valence-corrected chi connectivity index (χ0v) is 16.5. The lowest BCUT2D eigenvalue weighted by atomic mass is 10.0. The summed E-state index contributed by atoms with van der Waals surface area (Å²) in [4.78, 5) is 15.5. The third-order valence-corrected chi connectivity index (χ3v) is 4.84. The van der Waals surface area contributed by atoms with Crippen LogP contribution in [0.5, 0.6) is 5.75 Å². The van der Waals surface area contributed by atoms with Crippen molar-refractivity contribution in [2.45, 2.75) is 6.54 Å². The van der Waals surface area contributed by atoms with Crippen LogP contribution in [0.1, 0.15) is 16.1 Å². The van der Waals surface area contributed by atoms with Crippen molar-refractivity contribution < 1.29 is 9.53 Å². The van der Waals surface area contributed by atoms with E-state index in [-0.39, 0.29) is 5.91 Å². The van der Waals surface area contributed by atoms with Crippen molar-refractivity contribution in [2.75, 3.05) is 7.11 Å². The van der Waals surface area contributed by atoms with Crippen LogP contribution in [0.25, 0.3) is 22.4 Å². The van der Waals surface area contributed by atoms with E-state index < -0.39 is 0 Å². The van der Waals surface area contributed by atoms with Crippen molar-refractivity contribution in [3.63, 3.8) is 0 Å². The molecule has 0 atom stereocenters. The molecule has 0 aliphatic carbocycles. The van der Waals surface area contributed by atoms with Gasteiger partial charge in [-0.1, -0.05) is 35.9 Å². The van der Waals surface area contributed by atoms with E-state index in [1.807, 2.05) is 48.5 Å². The second-order valence-electron chi connectivity index (χ2n) is 6.50. The van der Waals surface area contributed by atoms with Gasteiger partial charge in [-0.2, -0.15) is 5.10 Å². The number of carbonyl (C=O) groups is 1. The summed E-state index contributed by atoms with van der Waals surface area (Å²) in [7, 11) is 1.62. The zero-order chi connectivity index (χ0) is 20.2. The number of nitrogens with one attached hydrogen (secondary N) is 3. The maximum atomic E-state index is 12.5. The van der Waals surface area contributed by atoms with Crippen molar-refractivity contribution in [2.24, 2.45) is 0 Å². The molecular weight excluding hydrogens is 388 g/mol. The van der Waals surface area contributed by atoms with Crippen molar-refractivity contribution in [3.8, 4) is 28.1 Å². The molecule has 0 radical (unpaired) electrons. The molecule has 4 rings (SSSR count). The van der Waals surface area contributed by atoms with Crippen LogP contribution in [-0.2, 0) is 6.54 Å². The van der Waals surface area contributed by atoms with Crippen molar-refractivity contribution in [3.05, 3.63) is 83.3 Å². The quantitative estimate of drug-likeness (QED) is 0.435. The fourth-order valence-electron chi connectivity index (χ4n) is 3.07. The summed E-state index contributed by atoms with van der Waals surface area (Å²) in [5.41, 5.74) is 4.98. The molecule has 146 valence electrons. The first-order chi connectivity index (χ1) is 14.1. The van der Waals surface area contributed by atoms with Gasteiger partial charge in [-0.15, -0.1) is 0 Å². The Morgan fingerprint density at radius 1 is 1.14 bits per heavy atom. The minimum absolute atomic E-state index is 0.184. The van der Waals surface area contributed by atoms with E-state index in [4.69, 9.17) is 16.3 Å². The molecule has 0 saturated heterocycles. The highest BCUT2D eigenvalue weighted by Gasteiger charge is 2.14. The molecule has 0 saturated carbocycles. The van der Waals surface area contributed by atoms with E-state index in [0.29, 0.717) is 17.3 Å². The summed E-state index contributed by atoms with van der Waals surface area (Å²) in [6.07, 6.45) is 3.53. The van der Waals surface area contributed by atoms with Gasteiger partial charge in [-0.25, -0.2) is 0 Å². The molecule has 0 aliphatic rings. The van der Waals surface area contributed by atoms with E-state index >= 15 is 0 Å². The number of ether oxygens (including phenoxy) is 1. The maximum Gasteiger partial charge on any atom is 0.267 e. The second-order valence-corrected chi connectivity index (χ2v) is 6.94. The summed E-state index contributed by atoms with van der Waals surface area (Å²) < 4.78 is 5.14. The van der Waals surface area contributed by atoms with Gasteiger partial charge in [-0.3, -0.25) is 9.89 Å². The Hall–Kier alpha value is -3.51. The summed E-state index contributed by atoms with van der Waals surface area (Å²) in [5, 5.41) is 10.7. The minimum Gasteiger partial charge on any atom is -0.497 e. The van der Waals surface area contributed by atoms with Gasteiger partial charge in [0.05, 0.1) is 19.0 Å². The highest BCUT2D eigenvalue weighted by molar-refractivity contribution is 6.30. The van der Waals surface area contributed by atoms with Crippen molar-refractivity contribution >= 4 is 17.5 Å². The number of amides is 1. The maximum absolute atomic E-state index is 12.5. The largest absolute Gasteiger partial charge is 0.497 e. The number of hydrogen-bond donors (Lipinski definition) is 3. The van der Waals surface area contributed by atoms with Crippen LogP contribution in [-0.4, -0.2) is 28.2 Å². The van der Waals surface area contributed by atoms with Gasteiger partial charge in [0.25, 0.3) is 5.91 Å². The van der Waals surface area contributed by atoms with E-state index in [1.54, 1.807) is 25.6 Å². The molecule has 6 nitrogen and oxygen atoms in total. The SMILES string of the molecule is COc1ccc(CNC(=O)c2cc(-c3[nH]ncc3-c3cccc(Cl)c3)c[nH]2)cc1. The van der Waals surface area contributed by atoms with Gasteiger partial charge in [0.2, 0.25) is 0 Å². The van der Waals surface area contributed by atoms with Crippen molar-refractivity contribution in [1.82, 2.24) is 20.5 Å². The molecule has 0 fully saturated rings. The number of benzene rings is 2. The summed E-state index contributed by atoms with van der Waals surface area (Å²) in [6, 6.07) is 16.9. The number of rotatable bonds is 6. The predicted molar refractivity (Wildman–Crippen MR) is 113 cm³/mol. The fourth-order valence-corrected chi connectivity index (χ4v) is 3.26. The standard InChI is InChI=1S/C22H19ClN4O2/c1-29-18-7-5-14(6-8-18)11-25-22(28)20-10-16(12-24-20)21-19(13-26-27-21)15-3-2-4-17(23)9-15/h2-10,12-13,24H,11H2,1H3,(H,25,28)(H,26,27). The second kappa shape index (κ2) is 8.24. The summed E-state index contributed by atoms with van der Waals surface area (Å²) >= 11 is 6.11. The number of halogens is 1. The Morgan fingerprint density at radius 3 is 2.72 bits per heavy atom. The highest BCUT2D eigenvalue weighted by Crippen LogP contribution is 2.31. The Kier molecular flexibility index (Phi) is 5.35. The normalized spacial score (nSPS) is 10.7. The zero-order valence-electron chi connectivity index (χ0n) is 15.7. The molecular formula is C22H19ClN4O2. The average Bonchev–Trinajstić information content (AvgIpc) is 3.42. The van der Waals surface area contributed by atoms with Crippen LogP contribution in [0.2, 0.25) is 5.02 Å². The molecule has 0 unspecified atom stereocenters. The van der Waals surface area contributed by atoms with Crippen LogP contribution in [0.15, 0.2) is 67.0 Å². The van der Waals surface area contributed by atoms with E-state index in [1.165, 1.54) is 0 Å². The Morgan fingerprint density at radius 2 is 1.97 bits per heavy atom. The molecule has 2 heterocycles. The van der Waals surface area contributed by atoms with Gasteiger partial charge in [0.1, 0.15) is 11.4 Å².